The first-order chi connectivity index (χ1) is 8.77. The zero-order valence-corrected chi connectivity index (χ0v) is 11.5. The maximum atomic E-state index is 6.12. The molecule has 2 rings (SSSR count). The third-order valence-corrected chi connectivity index (χ3v) is 4.58. The van der Waals surface area contributed by atoms with Crippen molar-refractivity contribution in [2.75, 3.05) is 13.1 Å². The van der Waals surface area contributed by atoms with Gasteiger partial charge in [0.25, 0.3) is 0 Å². The van der Waals surface area contributed by atoms with Gasteiger partial charge in [0.1, 0.15) is 0 Å². The summed E-state index contributed by atoms with van der Waals surface area (Å²) in [7, 11) is 0. The van der Waals surface area contributed by atoms with Crippen LogP contribution in [0.5, 0.6) is 0 Å². The van der Waals surface area contributed by atoms with Crippen LogP contribution in [0.1, 0.15) is 51.4 Å². The standard InChI is InChI=1S/C14H30N4/c15-11-5-1-3-7-13(11)17-9-10-18-14-8-4-2-6-12(14)16/h11-14,17-18H,1-10,15-16H2/t11-,12+,13+,14?/m1/s1. The molecular weight excluding hydrogens is 224 g/mol. The number of nitrogens with two attached hydrogens (primary N) is 2. The van der Waals surface area contributed by atoms with Crippen molar-refractivity contribution < 1.29 is 0 Å². The summed E-state index contributed by atoms with van der Waals surface area (Å²) in [6.07, 6.45) is 10.1. The fourth-order valence-electron chi connectivity index (χ4n) is 3.34. The minimum atomic E-state index is 0.357. The molecule has 0 radical (unpaired) electrons. The second kappa shape index (κ2) is 7.43. The minimum absolute atomic E-state index is 0.357. The van der Waals surface area contributed by atoms with Gasteiger partial charge in [0.05, 0.1) is 0 Å². The first-order valence-corrected chi connectivity index (χ1v) is 7.75. The highest BCUT2D eigenvalue weighted by atomic mass is 15.0. The minimum Gasteiger partial charge on any atom is -0.326 e. The summed E-state index contributed by atoms with van der Waals surface area (Å²) >= 11 is 0. The maximum absolute atomic E-state index is 6.12. The molecule has 0 aromatic carbocycles. The summed E-state index contributed by atoms with van der Waals surface area (Å²) in [6.45, 7) is 2.03. The molecule has 0 aromatic rings. The van der Waals surface area contributed by atoms with Crippen molar-refractivity contribution in [3.05, 3.63) is 0 Å². The Morgan fingerprint density at radius 3 is 1.44 bits per heavy atom. The molecule has 4 heteroatoms. The van der Waals surface area contributed by atoms with Crippen LogP contribution in [0.2, 0.25) is 0 Å². The second-order valence-corrected chi connectivity index (χ2v) is 6.02. The quantitative estimate of drug-likeness (QED) is 0.545. The predicted molar refractivity (Wildman–Crippen MR) is 76.5 cm³/mol. The first-order valence-electron chi connectivity index (χ1n) is 7.75. The molecule has 0 bridgehead atoms. The molecule has 0 spiro atoms. The van der Waals surface area contributed by atoms with Gasteiger partial charge < -0.3 is 22.1 Å². The molecule has 0 amide bonds. The number of nitrogens with one attached hydrogen (secondary N) is 2. The summed E-state index contributed by atoms with van der Waals surface area (Å²) < 4.78 is 0. The molecule has 2 saturated carbocycles. The summed E-state index contributed by atoms with van der Waals surface area (Å²) in [5.74, 6) is 0. The lowest BCUT2D eigenvalue weighted by molar-refractivity contribution is 0.306. The van der Waals surface area contributed by atoms with Crippen LogP contribution >= 0.6 is 0 Å². The molecule has 0 aliphatic heterocycles. The second-order valence-electron chi connectivity index (χ2n) is 6.02. The molecule has 0 saturated heterocycles. The summed E-state index contributed by atoms with van der Waals surface area (Å²) in [6, 6.07) is 1.77. The van der Waals surface area contributed by atoms with Crippen LogP contribution in [-0.4, -0.2) is 37.3 Å². The van der Waals surface area contributed by atoms with E-state index in [1.165, 1.54) is 51.4 Å². The number of rotatable bonds is 5. The van der Waals surface area contributed by atoms with Crippen molar-refractivity contribution in [1.29, 1.82) is 0 Å². The summed E-state index contributed by atoms with van der Waals surface area (Å²) in [5, 5.41) is 7.19. The fourth-order valence-corrected chi connectivity index (χ4v) is 3.34. The Bertz CT molecular complexity index is 210. The van der Waals surface area contributed by atoms with Gasteiger partial charge in [0.15, 0.2) is 0 Å². The van der Waals surface area contributed by atoms with Crippen LogP contribution in [0, 0.1) is 0 Å². The number of hydrogen-bond donors (Lipinski definition) is 4. The van der Waals surface area contributed by atoms with Crippen molar-refractivity contribution in [2.45, 2.75) is 75.5 Å². The van der Waals surface area contributed by atoms with Crippen molar-refractivity contribution >= 4 is 0 Å². The van der Waals surface area contributed by atoms with E-state index in [9.17, 15) is 0 Å². The van der Waals surface area contributed by atoms with E-state index in [4.69, 9.17) is 11.5 Å². The predicted octanol–water partition coefficient (Wildman–Crippen LogP) is 0.705. The molecule has 1 unspecified atom stereocenters. The molecule has 4 nitrogen and oxygen atoms in total. The Hall–Kier alpha value is -0.160. The largest absolute Gasteiger partial charge is 0.326 e. The highest BCUT2D eigenvalue weighted by Crippen LogP contribution is 2.17. The summed E-state index contributed by atoms with van der Waals surface area (Å²) in [5.41, 5.74) is 12.2. The van der Waals surface area contributed by atoms with E-state index in [1.807, 2.05) is 0 Å². The lowest BCUT2D eigenvalue weighted by Crippen LogP contribution is -2.51. The van der Waals surface area contributed by atoms with Gasteiger partial charge in [-0.1, -0.05) is 25.7 Å². The van der Waals surface area contributed by atoms with Crippen LogP contribution in [-0.2, 0) is 0 Å². The van der Waals surface area contributed by atoms with Gasteiger partial charge in [0.2, 0.25) is 0 Å². The van der Waals surface area contributed by atoms with Crippen molar-refractivity contribution in [1.82, 2.24) is 10.6 Å². The lowest BCUT2D eigenvalue weighted by atomic mass is 9.90. The Morgan fingerprint density at radius 1 is 0.667 bits per heavy atom. The molecule has 0 heterocycles. The molecule has 2 aliphatic rings. The zero-order valence-electron chi connectivity index (χ0n) is 11.5. The van der Waals surface area contributed by atoms with Gasteiger partial charge in [-0.25, -0.2) is 0 Å². The monoisotopic (exact) mass is 254 g/mol. The highest BCUT2D eigenvalue weighted by Gasteiger charge is 2.22. The molecule has 0 aromatic heterocycles. The number of hydrogen-bond acceptors (Lipinski definition) is 4. The van der Waals surface area contributed by atoms with E-state index in [0.717, 1.165) is 13.1 Å². The van der Waals surface area contributed by atoms with E-state index in [2.05, 4.69) is 10.6 Å². The SMILES string of the molecule is N[C@@H]1CCCC[C@@H]1NCCNC1CCCC[C@@H]1N. The van der Waals surface area contributed by atoms with E-state index in [-0.39, 0.29) is 0 Å². The zero-order chi connectivity index (χ0) is 12.8. The molecule has 6 N–H and O–H groups in total. The maximum Gasteiger partial charge on any atom is 0.0219 e. The molecule has 18 heavy (non-hydrogen) atoms. The van der Waals surface area contributed by atoms with Gasteiger partial charge >= 0.3 is 0 Å². The van der Waals surface area contributed by atoms with E-state index < -0.39 is 0 Å². The molecule has 2 fully saturated rings. The van der Waals surface area contributed by atoms with Gasteiger partial charge in [0, 0.05) is 37.3 Å². The van der Waals surface area contributed by atoms with Crippen LogP contribution in [0.15, 0.2) is 0 Å². The van der Waals surface area contributed by atoms with Crippen molar-refractivity contribution in [3.63, 3.8) is 0 Å². The Kier molecular flexibility index (Phi) is 5.89. The Balaban J connectivity index is 1.57. The fraction of sp³-hybridized carbons (Fsp3) is 1.00. The molecular formula is C14H30N4. The van der Waals surface area contributed by atoms with E-state index in [0.29, 0.717) is 24.2 Å². The van der Waals surface area contributed by atoms with Crippen LogP contribution in [0.3, 0.4) is 0 Å². The first kappa shape index (κ1) is 14.3. The van der Waals surface area contributed by atoms with Gasteiger partial charge in [-0.2, -0.15) is 0 Å². The molecule has 2 aliphatic carbocycles. The Morgan fingerprint density at radius 2 is 1.06 bits per heavy atom. The van der Waals surface area contributed by atoms with E-state index in [1.54, 1.807) is 0 Å². The third kappa shape index (κ3) is 4.19. The molecule has 4 atom stereocenters. The van der Waals surface area contributed by atoms with Crippen LogP contribution in [0.4, 0.5) is 0 Å². The average Bonchev–Trinajstić information content (AvgIpc) is 2.38. The topological polar surface area (TPSA) is 76.1 Å². The third-order valence-electron chi connectivity index (χ3n) is 4.58. The average molecular weight is 254 g/mol. The normalized spacial score (nSPS) is 37.7. The van der Waals surface area contributed by atoms with Crippen LogP contribution < -0.4 is 22.1 Å². The Labute approximate surface area is 111 Å². The van der Waals surface area contributed by atoms with Gasteiger partial charge in [-0.15, -0.1) is 0 Å². The molecule has 106 valence electrons. The van der Waals surface area contributed by atoms with Crippen LogP contribution in [0.25, 0.3) is 0 Å². The van der Waals surface area contributed by atoms with Crippen molar-refractivity contribution in [3.8, 4) is 0 Å². The smallest absolute Gasteiger partial charge is 0.0219 e. The summed E-state index contributed by atoms with van der Waals surface area (Å²) in [4.78, 5) is 0. The van der Waals surface area contributed by atoms with Crippen molar-refractivity contribution in [2.24, 2.45) is 11.5 Å². The lowest BCUT2D eigenvalue weighted by Gasteiger charge is -2.31. The highest BCUT2D eigenvalue weighted by molar-refractivity contribution is 4.86. The van der Waals surface area contributed by atoms with E-state index >= 15 is 0 Å². The van der Waals surface area contributed by atoms with Gasteiger partial charge in [-0.05, 0) is 25.7 Å². The van der Waals surface area contributed by atoms with Gasteiger partial charge in [-0.3, -0.25) is 0 Å².